The van der Waals surface area contributed by atoms with Crippen LogP contribution in [0.4, 0.5) is 11.6 Å². The topological polar surface area (TPSA) is 164 Å². The van der Waals surface area contributed by atoms with Gasteiger partial charge in [-0.3, -0.25) is 33.6 Å². The number of fused-ring (bicyclic) bond motifs is 2. The zero-order chi connectivity index (χ0) is 43.0. The standard InChI is InChI=1S/C46H60ClN9O5/c1-30-26-39(58)51-42-40(30)43(50-29-49-42)55-25-24-54(28-31(55)2)45(60)35(32-17-19-34(47)20-18-32)27-48-23-12-10-8-6-4-5-7-9-11-14-33-15-13-16-36-41(33)53(3)46(61)56(36)37-21-22-38(57)52-44(37)59/h13,15-20,29-31,35,37,48H,4-12,14,21-28H2,1-3H3,(H,52,57,59)(H,49,50,51,58)/t30-,31-,35-,37?/m1/s1. The fraction of sp³-hybridized carbons (Fsp3) is 0.543. The lowest BCUT2D eigenvalue weighted by Gasteiger charge is -2.43. The van der Waals surface area contributed by atoms with Gasteiger partial charge >= 0.3 is 5.69 Å². The molecule has 2 aromatic heterocycles. The fourth-order valence-corrected chi connectivity index (χ4v) is 9.59. The summed E-state index contributed by atoms with van der Waals surface area (Å²) in [5.41, 5.74) is 4.42. The summed E-state index contributed by atoms with van der Waals surface area (Å²) in [7, 11) is 1.76. The van der Waals surface area contributed by atoms with E-state index in [1.165, 1.54) is 38.4 Å². The van der Waals surface area contributed by atoms with Crippen LogP contribution in [0.1, 0.15) is 125 Å². The Labute approximate surface area is 362 Å². The van der Waals surface area contributed by atoms with E-state index in [2.05, 4.69) is 43.8 Å². The normalized spacial score (nSPS) is 19.8. The molecule has 7 rings (SSSR count). The monoisotopic (exact) mass is 853 g/mol. The first-order valence-electron chi connectivity index (χ1n) is 22.2. The largest absolute Gasteiger partial charge is 0.350 e. The number of anilines is 2. The Morgan fingerprint density at radius 1 is 0.885 bits per heavy atom. The number of piperidine rings is 1. The third-order valence-electron chi connectivity index (χ3n) is 12.7. The number of aromatic nitrogens is 4. The highest BCUT2D eigenvalue weighted by molar-refractivity contribution is 6.30. The third kappa shape index (κ3) is 10.2. The number of imidazole rings is 1. The zero-order valence-corrected chi connectivity index (χ0v) is 36.5. The van der Waals surface area contributed by atoms with E-state index in [0.29, 0.717) is 49.9 Å². The lowest BCUT2D eigenvalue weighted by Crippen LogP contribution is -2.55. The van der Waals surface area contributed by atoms with Gasteiger partial charge in [-0.2, -0.15) is 0 Å². The van der Waals surface area contributed by atoms with E-state index in [1.54, 1.807) is 16.2 Å². The molecule has 0 spiro atoms. The number of halogens is 1. The number of nitrogens with zero attached hydrogens (tertiary/aromatic N) is 6. The van der Waals surface area contributed by atoms with Crippen molar-refractivity contribution in [3.05, 3.63) is 81.0 Å². The van der Waals surface area contributed by atoms with Crippen LogP contribution in [0.3, 0.4) is 0 Å². The molecule has 5 heterocycles. The van der Waals surface area contributed by atoms with Gasteiger partial charge in [0.05, 0.1) is 17.0 Å². The highest BCUT2D eigenvalue weighted by atomic mass is 35.5. The third-order valence-corrected chi connectivity index (χ3v) is 13.0. The number of carbonyl (C=O) groups excluding carboxylic acids is 4. The van der Waals surface area contributed by atoms with Crippen molar-refractivity contribution in [1.29, 1.82) is 0 Å². The van der Waals surface area contributed by atoms with Crippen molar-refractivity contribution in [2.75, 3.05) is 42.9 Å². The van der Waals surface area contributed by atoms with E-state index in [0.717, 1.165) is 72.2 Å². The minimum atomic E-state index is -0.673. The number of carbonyl (C=O) groups is 4. The van der Waals surface area contributed by atoms with E-state index in [4.69, 9.17) is 11.6 Å². The van der Waals surface area contributed by atoms with Gasteiger partial charge in [0.2, 0.25) is 23.6 Å². The van der Waals surface area contributed by atoms with Crippen LogP contribution in [-0.4, -0.2) is 86.4 Å². The molecule has 4 aromatic rings. The Bertz CT molecular complexity index is 2270. The summed E-state index contributed by atoms with van der Waals surface area (Å²) in [5.74, 6) is 0.493. The van der Waals surface area contributed by atoms with E-state index < -0.39 is 11.9 Å². The fourth-order valence-electron chi connectivity index (χ4n) is 9.47. The summed E-state index contributed by atoms with van der Waals surface area (Å²) < 4.78 is 3.20. The molecule has 3 aliphatic heterocycles. The van der Waals surface area contributed by atoms with Crippen molar-refractivity contribution in [2.45, 2.75) is 121 Å². The first-order chi connectivity index (χ1) is 29.5. The molecule has 61 heavy (non-hydrogen) atoms. The number of benzene rings is 2. The van der Waals surface area contributed by atoms with Gasteiger partial charge in [0.15, 0.2) is 0 Å². The summed E-state index contributed by atoms with van der Waals surface area (Å²) in [6.07, 6.45) is 13.6. The second kappa shape index (κ2) is 20.2. The van der Waals surface area contributed by atoms with Gasteiger partial charge in [-0.25, -0.2) is 14.8 Å². The molecule has 0 radical (unpaired) electrons. The van der Waals surface area contributed by atoms with Crippen molar-refractivity contribution in [3.8, 4) is 0 Å². The number of para-hydroxylation sites is 1. The number of aryl methyl sites for hydroxylation is 2. The molecule has 326 valence electrons. The summed E-state index contributed by atoms with van der Waals surface area (Å²) in [4.78, 5) is 77.1. The molecule has 2 aromatic carbocycles. The Morgan fingerprint density at radius 2 is 1.61 bits per heavy atom. The highest BCUT2D eigenvalue weighted by Crippen LogP contribution is 2.38. The van der Waals surface area contributed by atoms with Crippen LogP contribution in [0.5, 0.6) is 0 Å². The smallest absolute Gasteiger partial charge is 0.329 e. The maximum absolute atomic E-state index is 14.2. The minimum Gasteiger partial charge on any atom is -0.350 e. The number of imide groups is 1. The number of hydrogen-bond acceptors (Lipinski definition) is 9. The molecule has 0 bridgehead atoms. The van der Waals surface area contributed by atoms with E-state index in [9.17, 15) is 24.0 Å². The number of piperazine rings is 1. The van der Waals surface area contributed by atoms with Crippen LogP contribution < -0.4 is 26.5 Å². The lowest BCUT2D eigenvalue weighted by atomic mass is 9.93. The van der Waals surface area contributed by atoms with E-state index >= 15 is 0 Å². The summed E-state index contributed by atoms with van der Waals surface area (Å²) in [6.45, 7) is 7.36. The van der Waals surface area contributed by atoms with Crippen molar-refractivity contribution in [3.63, 3.8) is 0 Å². The van der Waals surface area contributed by atoms with Gasteiger partial charge in [-0.05, 0) is 74.4 Å². The second-order valence-electron chi connectivity index (χ2n) is 17.1. The summed E-state index contributed by atoms with van der Waals surface area (Å²) in [6, 6.07) is 12.9. The molecule has 15 heteroatoms. The first kappa shape index (κ1) is 44.0. The molecule has 14 nitrogen and oxygen atoms in total. The van der Waals surface area contributed by atoms with E-state index in [1.807, 2.05) is 48.2 Å². The Morgan fingerprint density at radius 3 is 2.33 bits per heavy atom. The van der Waals surface area contributed by atoms with Crippen molar-refractivity contribution >= 4 is 57.9 Å². The van der Waals surface area contributed by atoms with Crippen LogP contribution in [-0.2, 0) is 32.6 Å². The van der Waals surface area contributed by atoms with Crippen molar-refractivity contribution in [2.24, 2.45) is 7.05 Å². The average molecular weight is 854 g/mol. The number of hydrogen-bond donors (Lipinski definition) is 3. The molecule has 1 unspecified atom stereocenters. The quantitative estimate of drug-likeness (QED) is 0.0763. The van der Waals surface area contributed by atoms with Gasteiger partial charge in [-0.1, -0.05) is 87.7 Å². The first-order valence-corrected chi connectivity index (χ1v) is 22.6. The lowest BCUT2D eigenvalue weighted by molar-refractivity contribution is -0.136. The Kier molecular flexibility index (Phi) is 14.6. The Balaban J connectivity index is 0.809. The number of rotatable bonds is 18. The van der Waals surface area contributed by atoms with Crippen LogP contribution in [0.2, 0.25) is 5.02 Å². The molecule has 0 saturated carbocycles. The molecule has 2 saturated heterocycles. The van der Waals surface area contributed by atoms with Gasteiger partial charge in [0.1, 0.15) is 24.0 Å². The molecule has 3 N–H and O–H groups in total. The maximum atomic E-state index is 14.2. The number of unbranched alkanes of at least 4 members (excludes halogenated alkanes) is 8. The molecule has 4 atom stereocenters. The van der Waals surface area contributed by atoms with Gasteiger partial charge in [0.25, 0.3) is 0 Å². The SMILES string of the molecule is C[C@@H]1CC(=O)Nc2ncnc(N3CCN(C(=O)[C@H](CNCCCCCCCCCCCc4cccc5c4n(C)c(=O)n5C4CCC(=O)NC4=O)c4ccc(Cl)cc4)C[C@H]3C)c21. The molecule has 2 fully saturated rings. The molecular formula is C46H60ClN9O5. The molecular weight excluding hydrogens is 794 g/mol. The van der Waals surface area contributed by atoms with Gasteiger partial charge in [0, 0.05) is 62.7 Å². The summed E-state index contributed by atoms with van der Waals surface area (Å²) >= 11 is 6.24. The van der Waals surface area contributed by atoms with Gasteiger partial charge < -0.3 is 20.4 Å². The zero-order valence-electron chi connectivity index (χ0n) is 35.8. The summed E-state index contributed by atoms with van der Waals surface area (Å²) in [5, 5.41) is 9.52. The number of nitrogens with one attached hydrogen (secondary N) is 3. The van der Waals surface area contributed by atoms with Gasteiger partial charge in [-0.15, -0.1) is 0 Å². The number of amides is 4. The van der Waals surface area contributed by atoms with Crippen LogP contribution >= 0.6 is 11.6 Å². The van der Waals surface area contributed by atoms with E-state index in [-0.39, 0.29) is 47.7 Å². The molecule has 3 aliphatic rings. The molecule has 4 amide bonds. The second-order valence-corrected chi connectivity index (χ2v) is 17.6. The average Bonchev–Trinajstić information content (AvgIpc) is 3.49. The van der Waals surface area contributed by atoms with Crippen molar-refractivity contribution in [1.82, 2.24) is 34.6 Å². The molecule has 0 aliphatic carbocycles. The predicted molar refractivity (Wildman–Crippen MR) is 238 cm³/mol. The van der Waals surface area contributed by atoms with Crippen LogP contribution in [0, 0.1) is 0 Å². The maximum Gasteiger partial charge on any atom is 0.329 e. The minimum absolute atomic E-state index is 0.0140. The van der Waals surface area contributed by atoms with Crippen molar-refractivity contribution < 1.29 is 19.2 Å². The van der Waals surface area contributed by atoms with Crippen LogP contribution in [0.25, 0.3) is 11.0 Å². The predicted octanol–water partition coefficient (Wildman–Crippen LogP) is 6.37. The highest BCUT2D eigenvalue weighted by Gasteiger charge is 2.36. The van der Waals surface area contributed by atoms with Crippen LogP contribution in [0.15, 0.2) is 53.6 Å². The Hall–Kier alpha value is -5.08.